The number of carbonyl (C=O) groups excluding carboxylic acids is 2. The van der Waals surface area contributed by atoms with Gasteiger partial charge in [0, 0.05) is 11.3 Å². The Balaban J connectivity index is 1.53. The van der Waals surface area contributed by atoms with E-state index in [2.05, 4.69) is 15.8 Å². The van der Waals surface area contributed by atoms with Crippen LogP contribution in [-0.4, -0.2) is 24.6 Å². The summed E-state index contributed by atoms with van der Waals surface area (Å²) in [7, 11) is 0. The average Bonchev–Trinajstić information content (AvgIpc) is 2.80. The number of hydrogen-bond acceptors (Lipinski definition) is 5. The summed E-state index contributed by atoms with van der Waals surface area (Å²) in [5, 5.41) is 6.38. The lowest BCUT2D eigenvalue weighted by molar-refractivity contribution is -0.136. The Hall–Kier alpha value is -4.13. The van der Waals surface area contributed by atoms with Crippen LogP contribution in [0.15, 0.2) is 84.0 Å². The fourth-order valence-electron chi connectivity index (χ4n) is 2.65. The molecular formula is C24H23N3O4. The number of ether oxygens (including phenoxy) is 2. The maximum absolute atomic E-state index is 12.0. The van der Waals surface area contributed by atoms with Gasteiger partial charge in [-0.2, -0.15) is 5.10 Å². The van der Waals surface area contributed by atoms with E-state index in [1.54, 1.807) is 30.3 Å². The second-order valence-corrected chi connectivity index (χ2v) is 6.42. The highest BCUT2D eigenvalue weighted by atomic mass is 16.5. The zero-order valence-electron chi connectivity index (χ0n) is 17.1. The van der Waals surface area contributed by atoms with Crippen molar-refractivity contribution in [1.29, 1.82) is 0 Å². The van der Waals surface area contributed by atoms with Crippen molar-refractivity contribution in [2.24, 2.45) is 5.10 Å². The second kappa shape index (κ2) is 11.2. The van der Waals surface area contributed by atoms with E-state index < -0.39 is 11.8 Å². The van der Waals surface area contributed by atoms with Crippen molar-refractivity contribution in [3.8, 4) is 11.5 Å². The lowest BCUT2D eigenvalue weighted by Crippen LogP contribution is -2.32. The summed E-state index contributed by atoms with van der Waals surface area (Å²) >= 11 is 0. The molecule has 0 saturated carbocycles. The maximum Gasteiger partial charge on any atom is 0.329 e. The van der Waals surface area contributed by atoms with E-state index in [-0.39, 0.29) is 0 Å². The van der Waals surface area contributed by atoms with Crippen LogP contribution in [-0.2, 0) is 16.2 Å². The van der Waals surface area contributed by atoms with Crippen LogP contribution in [0.25, 0.3) is 0 Å². The predicted octanol–water partition coefficient (Wildman–Crippen LogP) is 3.75. The zero-order chi connectivity index (χ0) is 21.9. The number of nitrogens with zero attached hydrogens (tertiary/aromatic N) is 1. The largest absolute Gasteiger partial charge is 0.494 e. The standard InChI is InChI=1S/C24H23N3O4/c1-2-30-21-14-12-20(13-15-21)26-23(28)24(29)27-25-16-19-10-6-7-11-22(19)31-17-18-8-4-3-5-9-18/h3-16H,2,17H2,1H3,(H,26,28)(H,27,29)/b25-16-. The third kappa shape index (κ3) is 6.71. The van der Waals surface area contributed by atoms with Crippen LogP contribution in [0.4, 0.5) is 5.69 Å². The first-order valence-corrected chi connectivity index (χ1v) is 9.78. The van der Waals surface area contributed by atoms with Crippen LogP contribution in [0.3, 0.4) is 0 Å². The molecule has 0 unspecified atom stereocenters. The van der Waals surface area contributed by atoms with Crippen molar-refractivity contribution < 1.29 is 19.1 Å². The van der Waals surface area contributed by atoms with E-state index in [0.717, 1.165) is 5.56 Å². The van der Waals surface area contributed by atoms with Gasteiger partial charge in [-0.05, 0) is 48.9 Å². The Kier molecular flexibility index (Phi) is 7.77. The highest BCUT2D eigenvalue weighted by molar-refractivity contribution is 6.39. The Labute approximate surface area is 180 Å². The molecule has 31 heavy (non-hydrogen) atoms. The molecule has 0 aromatic heterocycles. The van der Waals surface area contributed by atoms with Crippen molar-refractivity contribution in [2.75, 3.05) is 11.9 Å². The number of carbonyl (C=O) groups is 2. The molecule has 0 atom stereocenters. The molecule has 0 saturated heterocycles. The van der Waals surface area contributed by atoms with E-state index in [1.165, 1.54) is 6.21 Å². The summed E-state index contributed by atoms with van der Waals surface area (Å²) in [6, 6.07) is 23.8. The van der Waals surface area contributed by atoms with Gasteiger partial charge in [0.25, 0.3) is 0 Å². The van der Waals surface area contributed by atoms with Crippen molar-refractivity contribution >= 4 is 23.7 Å². The number of hydrazone groups is 1. The van der Waals surface area contributed by atoms with Crippen LogP contribution >= 0.6 is 0 Å². The number of para-hydroxylation sites is 1. The van der Waals surface area contributed by atoms with Crippen LogP contribution in [0.2, 0.25) is 0 Å². The Morgan fingerprint density at radius 3 is 2.32 bits per heavy atom. The maximum atomic E-state index is 12.0. The third-order valence-corrected chi connectivity index (χ3v) is 4.16. The molecule has 2 amide bonds. The lowest BCUT2D eigenvalue weighted by Gasteiger charge is -2.09. The van der Waals surface area contributed by atoms with Gasteiger partial charge in [-0.1, -0.05) is 42.5 Å². The number of amides is 2. The fourth-order valence-corrected chi connectivity index (χ4v) is 2.65. The van der Waals surface area contributed by atoms with Crippen molar-refractivity contribution in [2.45, 2.75) is 13.5 Å². The van der Waals surface area contributed by atoms with Crippen molar-refractivity contribution in [3.63, 3.8) is 0 Å². The molecule has 0 spiro atoms. The highest BCUT2D eigenvalue weighted by Crippen LogP contribution is 2.18. The van der Waals surface area contributed by atoms with E-state index in [9.17, 15) is 9.59 Å². The monoisotopic (exact) mass is 417 g/mol. The van der Waals surface area contributed by atoms with Crippen LogP contribution < -0.4 is 20.2 Å². The molecule has 3 aromatic rings. The summed E-state index contributed by atoms with van der Waals surface area (Å²) in [5.74, 6) is -0.409. The van der Waals surface area contributed by atoms with Gasteiger partial charge in [0.2, 0.25) is 0 Å². The molecule has 0 aliphatic heterocycles. The minimum absolute atomic E-state index is 0.405. The molecule has 3 rings (SSSR count). The van der Waals surface area contributed by atoms with Gasteiger partial charge in [-0.25, -0.2) is 5.43 Å². The second-order valence-electron chi connectivity index (χ2n) is 6.42. The van der Waals surface area contributed by atoms with Crippen LogP contribution in [0.5, 0.6) is 11.5 Å². The third-order valence-electron chi connectivity index (χ3n) is 4.16. The van der Waals surface area contributed by atoms with Gasteiger partial charge >= 0.3 is 11.8 Å². The molecule has 0 radical (unpaired) electrons. The summed E-state index contributed by atoms with van der Waals surface area (Å²) in [5.41, 5.74) is 4.41. The first-order chi connectivity index (χ1) is 15.2. The Morgan fingerprint density at radius 1 is 0.871 bits per heavy atom. The normalized spacial score (nSPS) is 10.5. The molecule has 2 N–H and O–H groups in total. The van der Waals surface area contributed by atoms with Gasteiger partial charge in [-0.3, -0.25) is 9.59 Å². The molecule has 158 valence electrons. The highest BCUT2D eigenvalue weighted by Gasteiger charge is 2.13. The summed E-state index contributed by atoms with van der Waals surface area (Å²) in [6.07, 6.45) is 1.43. The first-order valence-electron chi connectivity index (χ1n) is 9.78. The van der Waals surface area contributed by atoms with E-state index in [1.807, 2.05) is 55.5 Å². The van der Waals surface area contributed by atoms with Gasteiger partial charge in [0.05, 0.1) is 12.8 Å². The van der Waals surface area contributed by atoms with E-state index in [0.29, 0.717) is 36.0 Å². The molecule has 7 nitrogen and oxygen atoms in total. The smallest absolute Gasteiger partial charge is 0.329 e. The summed E-state index contributed by atoms with van der Waals surface area (Å²) in [6.45, 7) is 2.84. The Morgan fingerprint density at radius 2 is 1.58 bits per heavy atom. The van der Waals surface area contributed by atoms with Gasteiger partial charge < -0.3 is 14.8 Å². The number of hydrogen-bond donors (Lipinski definition) is 2. The molecule has 0 aliphatic rings. The zero-order valence-corrected chi connectivity index (χ0v) is 17.1. The average molecular weight is 417 g/mol. The lowest BCUT2D eigenvalue weighted by atomic mass is 10.2. The van der Waals surface area contributed by atoms with Gasteiger partial charge in [-0.15, -0.1) is 0 Å². The molecule has 0 aliphatic carbocycles. The molecular weight excluding hydrogens is 394 g/mol. The van der Waals surface area contributed by atoms with E-state index >= 15 is 0 Å². The van der Waals surface area contributed by atoms with Crippen LogP contribution in [0.1, 0.15) is 18.1 Å². The number of rotatable bonds is 8. The Bertz CT molecular complexity index is 1030. The fraction of sp³-hybridized carbons (Fsp3) is 0.125. The van der Waals surface area contributed by atoms with Crippen molar-refractivity contribution in [3.05, 3.63) is 90.0 Å². The molecule has 7 heteroatoms. The van der Waals surface area contributed by atoms with Gasteiger partial charge in [0.15, 0.2) is 0 Å². The minimum atomic E-state index is -0.882. The van der Waals surface area contributed by atoms with E-state index in [4.69, 9.17) is 9.47 Å². The molecule has 3 aromatic carbocycles. The number of anilines is 1. The van der Waals surface area contributed by atoms with Gasteiger partial charge in [0.1, 0.15) is 18.1 Å². The van der Waals surface area contributed by atoms with Crippen molar-refractivity contribution in [1.82, 2.24) is 5.43 Å². The molecule has 0 heterocycles. The summed E-state index contributed by atoms with van der Waals surface area (Å²) < 4.78 is 11.2. The predicted molar refractivity (Wildman–Crippen MR) is 119 cm³/mol. The minimum Gasteiger partial charge on any atom is -0.494 e. The number of benzene rings is 3. The molecule has 0 bridgehead atoms. The quantitative estimate of drug-likeness (QED) is 0.332. The number of nitrogens with one attached hydrogen (secondary N) is 2. The summed E-state index contributed by atoms with van der Waals surface area (Å²) in [4.78, 5) is 24.0. The van der Waals surface area contributed by atoms with Crippen LogP contribution in [0, 0.1) is 0 Å². The topological polar surface area (TPSA) is 89.0 Å². The molecule has 0 fully saturated rings. The SMILES string of the molecule is CCOc1ccc(NC(=O)C(=O)N/N=C\c2ccccc2OCc2ccccc2)cc1. The first kappa shape index (κ1) is 21.6.